The molecule has 0 radical (unpaired) electrons. The lowest BCUT2D eigenvalue weighted by Crippen LogP contribution is -2.30. The van der Waals surface area contributed by atoms with Gasteiger partial charge in [-0.25, -0.2) is 0 Å². The molecule has 5 nitrogen and oxygen atoms in total. The van der Waals surface area contributed by atoms with Gasteiger partial charge in [-0.1, -0.05) is 249 Å². The molecule has 1 unspecified atom stereocenters. The number of esters is 2. The van der Waals surface area contributed by atoms with E-state index in [-0.39, 0.29) is 25.2 Å². The highest BCUT2D eigenvalue weighted by molar-refractivity contribution is 5.70. The molecule has 0 N–H and O–H groups in total. The predicted molar refractivity (Wildman–Crippen MR) is 298 cm³/mol. The number of rotatable bonds is 56. The van der Waals surface area contributed by atoms with E-state index in [1.165, 1.54) is 218 Å². The highest BCUT2D eigenvalue weighted by Gasteiger charge is 2.17. The lowest BCUT2D eigenvalue weighted by molar-refractivity contribution is -0.163. The van der Waals surface area contributed by atoms with Gasteiger partial charge in [0.25, 0.3) is 0 Å². The number of carbonyl (C=O) groups excluding carboxylic acids is 2. The molecule has 0 bridgehead atoms. The summed E-state index contributed by atoms with van der Waals surface area (Å²) in [6, 6.07) is 0. The van der Waals surface area contributed by atoms with Crippen LogP contribution in [0.3, 0.4) is 0 Å². The maximum atomic E-state index is 12.9. The van der Waals surface area contributed by atoms with Gasteiger partial charge in [0.2, 0.25) is 0 Å². The molecule has 1 atom stereocenters. The third-order valence-electron chi connectivity index (χ3n) is 13.3. The van der Waals surface area contributed by atoms with E-state index in [9.17, 15) is 9.59 Å². The Bertz CT molecular complexity index is 1120. The molecule has 5 heteroatoms. The Morgan fingerprint density at radius 1 is 0.324 bits per heavy atom. The van der Waals surface area contributed by atoms with Crippen molar-refractivity contribution in [3.63, 3.8) is 0 Å². The molecule has 0 aliphatic heterocycles. The van der Waals surface area contributed by atoms with E-state index < -0.39 is 6.10 Å². The van der Waals surface area contributed by atoms with Crippen molar-refractivity contribution in [2.45, 2.75) is 322 Å². The van der Waals surface area contributed by atoms with Crippen molar-refractivity contribution in [1.82, 2.24) is 0 Å². The zero-order chi connectivity index (χ0) is 49.2. The van der Waals surface area contributed by atoms with Gasteiger partial charge in [-0.3, -0.25) is 9.59 Å². The van der Waals surface area contributed by atoms with E-state index in [1.807, 2.05) is 0 Å². The van der Waals surface area contributed by atoms with Gasteiger partial charge in [0, 0.05) is 19.4 Å². The summed E-state index contributed by atoms with van der Waals surface area (Å²) in [5.74, 6) is -0.401. The Hall–Kier alpha value is -2.14. The summed E-state index contributed by atoms with van der Waals surface area (Å²) in [5.41, 5.74) is 0. The maximum Gasteiger partial charge on any atom is 0.306 e. The minimum atomic E-state index is -0.544. The van der Waals surface area contributed by atoms with Gasteiger partial charge < -0.3 is 14.2 Å². The summed E-state index contributed by atoms with van der Waals surface area (Å²) in [6.07, 6.45) is 74.2. The fraction of sp³-hybridized carbons (Fsp3) is 0.841. The van der Waals surface area contributed by atoms with E-state index >= 15 is 0 Å². The molecule has 0 saturated carbocycles. The Balaban J connectivity index is 4.26. The van der Waals surface area contributed by atoms with Gasteiger partial charge in [-0.15, -0.1) is 0 Å². The average Bonchev–Trinajstić information content (AvgIpc) is 3.34. The minimum Gasteiger partial charge on any atom is -0.462 e. The third-order valence-corrected chi connectivity index (χ3v) is 13.3. The topological polar surface area (TPSA) is 61.8 Å². The zero-order valence-corrected chi connectivity index (χ0v) is 45.9. The first kappa shape index (κ1) is 65.9. The van der Waals surface area contributed by atoms with E-state index in [1.54, 1.807) is 0 Å². The van der Waals surface area contributed by atoms with E-state index in [4.69, 9.17) is 14.2 Å². The first-order valence-electron chi connectivity index (χ1n) is 30.2. The molecular formula is C63H116O5. The lowest BCUT2D eigenvalue weighted by Gasteiger charge is -2.18. The van der Waals surface area contributed by atoms with Crippen LogP contribution in [0.5, 0.6) is 0 Å². The molecule has 0 heterocycles. The predicted octanol–water partition coefficient (Wildman–Crippen LogP) is 20.7. The molecule has 0 rings (SSSR count). The van der Waals surface area contributed by atoms with Gasteiger partial charge in [-0.05, 0) is 103 Å². The zero-order valence-electron chi connectivity index (χ0n) is 45.9. The van der Waals surface area contributed by atoms with Crippen LogP contribution in [-0.4, -0.2) is 37.9 Å². The standard InChI is InChI=1S/C63H116O5/c1-4-7-10-13-16-19-22-25-28-30-31-32-34-37-40-43-46-49-52-55-58-66-59-61(68-63(65)57-54-51-48-45-42-39-35-27-24-21-18-15-12-9-6-3)60-67-62(64)56-53-50-47-44-41-38-36-33-29-26-23-20-17-14-11-8-5-2/h17,20,25-29,35,61H,4-16,18-19,21-24,30-34,36-60H2,1-3H3/b20-17-,28-25-,29-26-,35-27-. The molecular weight excluding hydrogens is 837 g/mol. The van der Waals surface area contributed by atoms with Gasteiger partial charge in [0.1, 0.15) is 6.61 Å². The SMILES string of the molecule is CCCCC/C=C\C/C=C\CCCCCCCCCC(=O)OCC(COCCCCCCCCCCCC/C=C\CCCCCCCC)OC(=O)CCCCCCC/C=C\CCCCCCCC. The maximum absolute atomic E-state index is 12.9. The Kier molecular flexibility index (Phi) is 57.3. The fourth-order valence-corrected chi connectivity index (χ4v) is 8.77. The molecule has 0 saturated heterocycles. The van der Waals surface area contributed by atoms with E-state index in [0.29, 0.717) is 19.4 Å². The van der Waals surface area contributed by atoms with Crippen LogP contribution in [0.25, 0.3) is 0 Å². The van der Waals surface area contributed by atoms with Gasteiger partial charge >= 0.3 is 11.9 Å². The molecule has 0 aliphatic carbocycles. The third kappa shape index (κ3) is 56.4. The van der Waals surface area contributed by atoms with Crippen molar-refractivity contribution in [1.29, 1.82) is 0 Å². The van der Waals surface area contributed by atoms with Crippen LogP contribution < -0.4 is 0 Å². The number of allylic oxidation sites excluding steroid dienone is 8. The molecule has 0 aromatic rings. The van der Waals surface area contributed by atoms with Crippen molar-refractivity contribution in [2.24, 2.45) is 0 Å². The van der Waals surface area contributed by atoms with Gasteiger partial charge in [0.05, 0.1) is 6.61 Å². The average molecular weight is 954 g/mol. The van der Waals surface area contributed by atoms with Crippen LogP contribution in [0, 0.1) is 0 Å². The molecule has 0 aromatic heterocycles. The summed E-state index contributed by atoms with van der Waals surface area (Å²) < 4.78 is 17.5. The first-order valence-corrected chi connectivity index (χ1v) is 30.2. The molecule has 0 spiro atoms. The second-order valence-electron chi connectivity index (χ2n) is 20.2. The van der Waals surface area contributed by atoms with Crippen LogP contribution in [0.15, 0.2) is 48.6 Å². The monoisotopic (exact) mass is 953 g/mol. The van der Waals surface area contributed by atoms with Crippen LogP contribution in [0.1, 0.15) is 316 Å². The highest BCUT2D eigenvalue weighted by Crippen LogP contribution is 2.16. The number of hydrogen-bond donors (Lipinski definition) is 0. The molecule has 0 amide bonds. The molecule has 398 valence electrons. The number of unbranched alkanes of at least 4 members (excludes halogenated alkanes) is 37. The normalized spacial score (nSPS) is 12.5. The van der Waals surface area contributed by atoms with Crippen molar-refractivity contribution in [3.05, 3.63) is 48.6 Å². The lowest BCUT2D eigenvalue weighted by atomic mass is 10.1. The summed E-state index contributed by atoms with van der Waals surface area (Å²) in [6.45, 7) is 7.83. The van der Waals surface area contributed by atoms with Crippen LogP contribution in [0.4, 0.5) is 0 Å². The molecule has 0 fully saturated rings. The Morgan fingerprint density at radius 3 is 1.01 bits per heavy atom. The van der Waals surface area contributed by atoms with Crippen LogP contribution in [-0.2, 0) is 23.8 Å². The number of ether oxygens (including phenoxy) is 3. The number of carbonyl (C=O) groups is 2. The quantitative estimate of drug-likeness (QED) is 0.0345. The second kappa shape index (κ2) is 59.2. The van der Waals surface area contributed by atoms with Gasteiger partial charge in [0.15, 0.2) is 6.10 Å². The Morgan fingerprint density at radius 2 is 0.618 bits per heavy atom. The van der Waals surface area contributed by atoms with Crippen molar-refractivity contribution < 1.29 is 23.8 Å². The second-order valence-corrected chi connectivity index (χ2v) is 20.2. The van der Waals surface area contributed by atoms with Crippen molar-refractivity contribution in [3.8, 4) is 0 Å². The molecule has 0 aliphatic rings. The van der Waals surface area contributed by atoms with Crippen molar-refractivity contribution >= 4 is 11.9 Å². The smallest absolute Gasteiger partial charge is 0.306 e. The van der Waals surface area contributed by atoms with Crippen LogP contribution in [0.2, 0.25) is 0 Å². The Labute approximate surface area is 424 Å². The highest BCUT2D eigenvalue weighted by atomic mass is 16.6. The van der Waals surface area contributed by atoms with Crippen LogP contribution >= 0.6 is 0 Å². The summed E-state index contributed by atoms with van der Waals surface area (Å²) in [4.78, 5) is 25.5. The summed E-state index contributed by atoms with van der Waals surface area (Å²) in [5, 5.41) is 0. The van der Waals surface area contributed by atoms with E-state index in [0.717, 1.165) is 64.2 Å². The summed E-state index contributed by atoms with van der Waals surface area (Å²) in [7, 11) is 0. The number of hydrogen-bond acceptors (Lipinski definition) is 5. The largest absolute Gasteiger partial charge is 0.462 e. The molecule has 68 heavy (non-hydrogen) atoms. The van der Waals surface area contributed by atoms with Crippen molar-refractivity contribution in [2.75, 3.05) is 19.8 Å². The van der Waals surface area contributed by atoms with Gasteiger partial charge in [-0.2, -0.15) is 0 Å². The van der Waals surface area contributed by atoms with E-state index in [2.05, 4.69) is 69.4 Å². The minimum absolute atomic E-state index is 0.0800. The summed E-state index contributed by atoms with van der Waals surface area (Å²) >= 11 is 0. The first-order chi connectivity index (χ1) is 33.6. The molecule has 0 aromatic carbocycles. The fourth-order valence-electron chi connectivity index (χ4n) is 8.77.